The Bertz CT molecular complexity index is 679. The van der Waals surface area contributed by atoms with Crippen molar-refractivity contribution in [2.45, 2.75) is 12.5 Å². The van der Waals surface area contributed by atoms with Crippen molar-refractivity contribution in [3.63, 3.8) is 0 Å². The molecule has 3 N–H and O–H groups in total. The van der Waals surface area contributed by atoms with Crippen LogP contribution in [0.3, 0.4) is 0 Å². The van der Waals surface area contributed by atoms with Crippen molar-refractivity contribution in [3.8, 4) is 0 Å². The third kappa shape index (κ3) is 5.36. The Morgan fingerprint density at radius 3 is 2.74 bits per heavy atom. The minimum absolute atomic E-state index is 0.160. The van der Waals surface area contributed by atoms with E-state index in [2.05, 4.69) is 15.6 Å². The van der Waals surface area contributed by atoms with Gasteiger partial charge in [-0.1, -0.05) is 23.7 Å². The first-order valence-corrected chi connectivity index (χ1v) is 7.37. The summed E-state index contributed by atoms with van der Waals surface area (Å²) in [5.74, 6) is -1.55. The van der Waals surface area contributed by atoms with Gasteiger partial charge >= 0.3 is 11.8 Å². The Morgan fingerprint density at radius 2 is 2.04 bits per heavy atom. The fourth-order valence-electron chi connectivity index (χ4n) is 1.91. The van der Waals surface area contributed by atoms with Gasteiger partial charge in [0.2, 0.25) is 0 Å². The van der Waals surface area contributed by atoms with Crippen LogP contribution >= 0.6 is 11.6 Å². The van der Waals surface area contributed by atoms with Crippen LogP contribution in [0, 0.1) is 0 Å². The number of aliphatic hydroxyl groups excluding tert-OH is 1. The Balaban J connectivity index is 1.77. The minimum atomic E-state index is -0.782. The Hall–Kier alpha value is -2.44. The largest absolute Gasteiger partial charge is 0.388 e. The fourth-order valence-corrected chi connectivity index (χ4v) is 2.11. The molecular formula is C16H16ClN3O3. The number of hydrogen-bond donors (Lipinski definition) is 3. The number of aliphatic hydroxyl groups is 1. The highest BCUT2D eigenvalue weighted by Gasteiger charge is 2.14. The molecule has 1 atom stereocenters. The second-order valence-electron chi connectivity index (χ2n) is 4.81. The summed E-state index contributed by atoms with van der Waals surface area (Å²) < 4.78 is 0. The van der Waals surface area contributed by atoms with Crippen LogP contribution in [0.5, 0.6) is 0 Å². The molecule has 1 aromatic carbocycles. The number of anilines is 1. The number of amides is 2. The quantitative estimate of drug-likeness (QED) is 0.729. The van der Waals surface area contributed by atoms with E-state index < -0.39 is 17.9 Å². The average Bonchev–Trinajstić information content (AvgIpc) is 2.55. The third-order valence-corrected chi connectivity index (χ3v) is 3.30. The molecule has 0 unspecified atom stereocenters. The number of nitrogens with one attached hydrogen (secondary N) is 2. The molecule has 0 saturated carbocycles. The van der Waals surface area contributed by atoms with Crippen LogP contribution in [0.15, 0.2) is 48.8 Å². The first-order valence-electron chi connectivity index (χ1n) is 6.99. The molecule has 6 nitrogen and oxygen atoms in total. The highest BCUT2D eigenvalue weighted by molar-refractivity contribution is 6.39. The lowest BCUT2D eigenvalue weighted by Crippen LogP contribution is -2.36. The standard InChI is InChI=1S/C16H16ClN3O3/c17-12-4-1-3-11(9-12)14(21)6-8-19-15(22)16(23)20-13-5-2-7-18-10-13/h1-5,7,9-10,14,21H,6,8H2,(H,19,22)(H,20,23)/t14-/m1/s1. The summed E-state index contributed by atoms with van der Waals surface area (Å²) in [4.78, 5) is 27.2. The van der Waals surface area contributed by atoms with E-state index in [0.29, 0.717) is 16.3 Å². The lowest BCUT2D eigenvalue weighted by atomic mass is 10.1. The number of aromatic nitrogens is 1. The van der Waals surface area contributed by atoms with Crippen LogP contribution in [-0.4, -0.2) is 28.4 Å². The zero-order chi connectivity index (χ0) is 16.7. The number of benzene rings is 1. The van der Waals surface area contributed by atoms with Gasteiger partial charge in [-0.25, -0.2) is 0 Å². The van der Waals surface area contributed by atoms with Crippen molar-refractivity contribution in [2.75, 3.05) is 11.9 Å². The molecule has 2 rings (SSSR count). The third-order valence-electron chi connectivity index (χ3n) is 3.06. The maximum atomic E-state index is 11.7. The predicted octanol–water partition coefficient (Wildman–Crippen LogP) is 1.91. The van der Waals surface area contributed by atoms with Crippen LogP contribution in [0.2, 0.25) is 5.02 Å². The summed E-state index contributed by atoms with van der Waals surface area (Å²) in [5, 5.41) is 15.4. The molecule has 0 bridgehead atoms. The monoisotopic (exact) mass is 333 g/mol. The molecular weight excluding hydrogens is 318 g/mol. The second kappa shape index (κ2) is 8.26. The van der Waals surface area contributed by atoms with Crippen molar-refractivity contribution >= 4 is 29.1 Å². The van der Waals surface area contributed by atoms with E-state index in [9.17, 15) is 14.7 Å². The summed E-state index contributed by atoms with van der Waals surface area (Å²) in [6, 6.07) is 10.1. The molecule has 120 valence electrons. The summed E-state index contributed by atoms with van der Waals surface area (Å²) in [6.07, 6.45) is 2.50. The highest BCUT2D eigenvalue weighted by Crippen LogP contribution is 2.19. The van der Waals surface area contributed by atoms with E-state index in [1.165, 1.54) is 6.20 Å². The summed E-state index contributed by atoms with van der Waals surface area (Å²) in [6.45, 7) is 0.160. The maximum Gasteiger partial charge on any atom is 0.313 e. The number of carbonyl (C=O) groups is 2. The number of rotatable bonds is 5. The molecule has 0 saturated heterocycles. The van der Waals surface area contributed by atoms with Gasteiger partial charge in [0.25, 0.3) is 0 Å². The summed E-state index contributed by atoms with van der Waals surface area (Å²) in [5.41, 5.74) is 1.10. The lowest BCUT2D eigenvalue weighted by molar-refractivity contribution is -0.136. The van der Waals surface area contributed by atoms with Crippen LogP contribution in [0.1, 0.15) is 18.1 Å². The summed E-state index contributed by atoms with van der Waals surface area (Å²) in [7, 11) is 0. The number of carbonyl (C=O) groups excluding carboxylic acids is 2. The van der Waals surface area contributed by atoms with E-state index in [0.717, 1.165) is 0 Å². The molecule has 0 fully saturated rings. The Labute approximate surface area is 138 Å². The maximum absolute atomic E-state index is 11.7. The van der Waals surface area contributed by atoms with Crippen molar-refractivity contribution in [1.82, 2.24) is 10.3 Å². The van der Waals surface area contributed by atoms with Gasteiger partial charge in [0.15, 0.2) is 0 Å². The van der Waals surface area contributed by atoms with Gasteiger partial charge in [0.1, 0.15) is 0 Å². The first kappa shape index (κ1) is 16.9. The van der Waals surface area contributed by atoms with E-state index >= 15 is 0 Å². The van der Waals surface area contributed by atoms with Gasteiger partial charge in [0, 0.05) is 17.8 Å². The van der Waals surface area contributed by atoms with Gasteiger partial charge in [-0.3, -0.25) is 14.6 Å². The average molecular weight is 334 g/mol. The molecule has 0 aliphatic rings. The molecule has 0 spiro atoms. The van der Waals surface area contributed by atoms with Gasteiger partial charge in [-0.2, -0.15) is 0 Å². The molecule has 2 amide bonds. The van der Waals surface area contributed by atoms with Gasteiger partial charge in [-0.05, 0) is 36.2 Å². The normalized spacial score (nSPS) is 11.6. The van der Waals surface area contributed by atoms with Crippen LogP contribution in [0.4, 0.5) is 5.69 Å². The van der Waals surface area contributed by atoms with Crippen LogP contribution < -0.4 is 10.6 Å². The number of nitrogens with zero attached hydrogens (tertiary/aromatic N) is 1. The molecule has 2 aromatic rings. The molecule has 0 aliphatic carbocycles. The van der Waals surface area contributed by atoms with Gasteiger partial charge < -0.3 is 15.7 Å². The van der Waals surface area contributed by atoms with Crippen molar-refractivity contribution in [3.05, 3.63) is 59.4 Å². The Kier molecular flexibility index (Phi) is 6.08. The van der Waals surface area contributed by atoms with E-state index in [1.54, 1.807) is 42.6 Å². The minimum Gasteiger partial charge on any atom is -0.388 e. The van der Waals surface area contributed by atoms with Gasteiger partial charge in [0.05, 0.1) is 18.0 Å². The fraction of sp³-hybridized carbons (Fsp3) is 0.188. The van der Waals surface area contributed by atoms with Crippen LogP contribution in [0.25, 0.3) is 0 Å². The molecule has 1 aromatic heterocycles. The molecule has 0 aliphatic heterocycles. The van der Waals surface area contributed by atoms with E-state index in [4.69, 9.17) is 11.6 Å². The zero-order valence-electron chi connectivity index (χ0n) is 12.2. The molecule has 0 radical (unpaired) electrons. The first-order chi connectivity index (χ1) is 11.1. The topological polar surface area (TPSA) is 91.3 Å². The number of halogens is 1. The lowest BCUT2D eigenvalue weighted by Gasteiger charge is -2.12. The molecule has 23 heavy (non-hydrogen) atoms. The summed E-state index contributed by atoms with van der Waals surface area (Å²) >= 11 is 5.85. The van der Waals surface area contributed by atoms with Crippen molar-refractivity contribution < 1.29 is 14.7 Å². The molecule has 1 heterocycles. The number of hydrogen-bond acceptors (Lipinski definition) is 4. The SMILES string of the molecule is O=C(NCC[C@@H](O)c1cccc(Cl)c1)C(=O)Nc1cccnc1. The second-order valence-corrected chi connectivity index (χ2v) is 5.25. The van der Waals surface area contributed by atoms with Crippen molar-refractivity contribution in [1.29, 1.82) is 0 Å². The Morgan fingerprint density at radius 1 is 1.22 bits per heavy atom. The van der Waals surface area contributed by atoms with Crippen molar-refractivity contribution in [2.24, 2.45) is 0 Å². The van der Waals surface area contributed by atoms with Gasteiger partial charge in [-0.15, -0.1) is 0 Å². The van der Waals surface area contributed by atoms with E-state index in [-0.39, 0.29) is 13.0 Å². The predicted molar refractivity (Wildman–Crippen MR) is 86.9 cm³/mol. The smallest absolute Gasteiger partial charge is 0.313 e. The number of pyridine rings is 1. The van der Waals surface area contributed by atoms with E-state index in [1.807, 2.05) is 0 Å². The molecule has 7 heteroatoms. The zero-order valence-corrected chi connectivity index (χ0v) is 13.0. The highest BCUT2D eigenvalue weighted by atomic mass is 35.5. The van der Waals surface area contributed by atoms with Crippen LogP contribution in [-0.2, 0) is 9.59 Å².